The van der Waals surface area contributed by atoms with Crippen LogP contribution in [0.3, 0.4) is 0 Å². The number of carboxylic acid groups (broad SMARTS) is 1. The van der Waals surface area contributed by atoms with E-state index >= 15 is 0 Å². The topological polar surface area (TPSA) is 95.9 Å². The zero-order chi connectivity index (χ0) is 15.2. The standard InChI is InChI=1S/C13H22N2O5/c1-15(8-5-11(18)20-2)12(19)14-13(9-10(16)17)6-3-4-7-13/h3-9H2,1-2H3,(H,14,19)(H,16,17). The molecule has 1 aliphatic rings. The molecule has 2 amide bonds. The van der Waals surface area contributed by atoms with Crippen LogP contribution in [0.1, 0.15) is 38.5 Å². The molecule has 0 aromatic rings. The number of carbonyl (C=O) groups excluding carboxylic acids is 2. The van der Waals surface area contributed by atoms with E-state index in [4.69, 9.17) is 5.11 Å². The highest BCUT2D eigenvalue weighted by atomic mass is 16.5. The summed E-state index contributed by atoms with van der Waals surface area (Å²) >= 11 is 0. The molecule has 1 rings (SSSR count). The molecular weight excluding hydrogens is 264 g/mol. The molecule has 0 aromatic heterocycles. The lowest BCUT2D eigenvalue weighted by molar-refractivity contribution is -0.141. The Morgan fingerprint density at radius 3 is 2.40 bits per heavy atom. The molecule has 0 unspecified atom stereocenters. The summed E-state index contributed by atoms with van der Waals surface area (Å²) < 4.78 is 4.51. The number of nitrogens with one attached hydrogen (secondary N) is 1. The average molecular weight is 286 g/mol. The van der Waals surface area contributed by atoms with Crippen LogP contribution in [0.5, 0.6) is 0 Å². The Balaban J connectivity index is 2.53. The summed E-state index contributed by atoms with van der Waals surface area (Å²) in [4.78, 5) is 35.4. The van der Waals surface area contributed by atoms with Gasteiger partial charge in [-0.05, 0) is 12.8 Å². The Hall–Kier alpha value is -1.79. The molecular formula is C13H22N2O5. The quantitative estimate of drug-likeness (QED) is 0.709. The van der Waals surface area contributed by atoms with Crippen molar-refractivity contribution in [3.05, 3.63) is 0 Å². The minimum atomic E-state index is -0.913. The van der Waals surface area contributed by atoms with Gasteiger partial charge in [-0.2, -0.15) is 0 Å². The zero-order valence-corrected chi connectivity index (χ0v) is 12.0. The maximum Gasteiger partial charge on any atom is 0.317 e. The number of ether oxygens (including phenoxy) is 1. The summed E-state index contributed by atoms with van der Waals surface area (Å²) in [5.41, 5.74) is -0.650. The van der Waals surface area contributed by atoms with E-state index < -0.39 is 11.5 Å². The van der Waals surface area contributed by atoms with Crippen LogP contribution < -0.4 is 5.32 Å². The SMILES string of the molecule is COC(=O)CCN(C)C(=O)NC1(CC(=O)O)CCCC1. The van der Waals surface area contributed by atoms with Crippen molar-refractivity contribution in [2.45, 2.75) is 44.1 Å². The summed E-state index contributed by atoms with van der Waals surface area (Å²) in [6.07, 6.45) is 3.24. The predicted octanol–water partition coefficient (Wildman–Crippen LogP) is 0.978. The fourth-order valence-electron chi connectivity index (χ4n) is 2.47. The summed E-state index contributed by atoms with van der Waals surface area (Å²) in [5, 5.41) is 11.8. The first-order chi connectivity index (χ1) is 9.38. The van der Waals surface area contributed by atoms with Crippen LogP contribution in [0, 0.1) is 0 Å². The zero-order valence-electron chi connectivity index (χ0n) is 12.0. The van der Waals surface area contributed by atoms with Crippen molar-refractivity contribution >= 4 is 18.0 Å². The molecule has 1 aliphatic carbocycles. The van der Waals surface area contributed by atoms with Crippen LogP contribution in [-0.2, 0) is 14.3 Å². The van der Waals surface area contributed by atoms with Crippen molar-refractivity contribution in [3.63, 3.8) is 0 Å². The second kappa shape index (κ2) is 7.12. The lowest BCUT2D eigenvalue weighted by Crippen LogP contribution is -2.52. The number of rotatable bonds is 6. The largest absolute Gasteiger partial charge is 0.481 e. The predicted molar refractivity (Wildman–Crippen MR) is 71.2 cm³/mol. The van der Waals surface area contributed by atoms with E-state index in [1.54, 1.807) is 7.05 Å². The number of hydrogen-bond donors (Lipinski definition) is 2. The molecule has 20 heavy (non-hydrogen) atoms. The highest BCUT2D eigenvalue weighted by Crippen LogP contribution is 2.32. The number of nitrogens with zero attached hydrogens (tertiary/aromatic N) is 1. The molecule has 0 heterocycles. The first-order valence-electron chi connectivity index (χ1n) is 6.70. The van der Waals surface area contributed by atoms with Crippen molar-refractivity contribution < 1.29 is 24.2 Å². The first kappa shape index (κ1) is 16.3. The summed E-state index contributed by atoms with van der Waals surface area (Å²) in [6.45, 7) is 0.238. The Morgan fingerprint density at radius 1 is 1.30 bits per heavy atom. The van der Waals surface area contributed by atoms with Gasteiger partial charge in [0.05, 0.1) is 25.5 Å². The van der Waals surface area contributed by atoms with Gasteiger partial charge in [0.25, 0.3) is 0 Å². The van der Waals surface area contributed by atoms with Gasteiger partial charge in [0, 0.05) is 13.6 Å². The Kier molecular flexibility index (Phi) is 5.79. The summed E-state index contributed by atoms with van der Waals surface area (Å²) in [6, 6.07) is -0.350. The number of methoxy groups -OCH3 is 1. The van der Waals surface area contributed by atoms with Crippen molar-refractivity contribution in [2.24, 2.45) is 0 Å². The number of carbonyl (C=O) groups is 3. The van der Waals surface area contributed by atoms with E-state index in [2.05, 4.69) is 10.1 Å². The van der Waals surface area contributed by atoms with E-state index in [0.717, 1.165) is 12.8 Å². The molecule has 0 aromatic carbocycles. The fourth-order valence-corrected chi connectivity index (χ4v) is 2.47. The molecule has 2 N–H and O–H groups in total. The highest BCUT2D eigenvalue weighted by Gasteiger charge is 2.38. The van der Waals surface area contributed by atoms with Gasteiger partial charge in [-0.15, -0.1) is 0 Å². The van der Waals surface area contributed by atoms with Crippen LogP contribution in [-0.4, -0.2) is 54.2 Å². The molecule has 0 aliphatic heterocycles. The Labute approximate surface area is 118 Å². The summed E-state index contributed by atoms with van der Waals surface area (Å²) in [5.74, 6) is -1.30. The van der Waals surface area contributed by atoms with E-state index in [0.29, 0.717) is 12.8 Å². The molecule has 7 heteroatoms. The van der Waals surface area contributed by atoms with Crippen molar-refractivity contribution in [3.8, 4) is 0 Å². The van der Waals surface area contributed by atoms with Crippen LogP contribution in [0.2, 0.25) is 0 Å². The lowest BCUT2D eigenvalue weighted by Gasteiger charge is -2.31. The van der Waals surface area contributed by atoms with Gasteiger partial charge >= 0.3 is 18.0 Å². The number of urea groups is 1. The minimum Gasteiger partial charge on any atom is -0.481 e. The van der Waals surface area contributed by atoms with Gasteiger partial charge in [-0.25, -0.2) is 4.79 Å². The molecule has 0 spiro atoms. The molecule has 0 radical (unpaired) electrons. The Bertz CT molecular complexity index is 377. The lowest BCUT2D eigenvalue weighted by atomic mass is 9.93. The van der Waals surface area contributed by atoms with Crippen molar-refractivity contribution in [1.29, 1.82) is 0 Å². The minimum absolute atomic E-state index is 0.0659. The second-order valence-corrected chi connectivity index (χ2v) is 5.24. The highest BCUT2D eigenvalue weighted by molar-refractivity contribution is 5.77. The molecule has 114 valence electrons. The number of aliphatic carboxylic acids is 1. The molecule has 7 nitrogen and oxygen atoms in total. The van der Waals surface area contributed by atoms with Gasteiger partial charge < -0.3 is 20.1 Å². The number of hydrogen-bond acceptors (Lipinski definition) is 4. The van der Waals surface area contributed by atoms with E-state index in [1.165, 1.54) is 12.0 Å². The van der Waals surface area contributed by atoms with Crippen LogP contribution in [0.15, 0.2) is 0 Å². The van der Waals surface area contributed by atoms with Crippen LogP contribution in [0.4, 0.5) is 4.79 Å². The average Bonchev–Trinajstić information content (AvgIpc) is 2.82. The van der Waals surface area contributed by atoms with E-state index in [1.807, 2.05) is 0 Å². The molecule has 0 saturated heterocycles. The van der Waals surface area contributed by atoms with E-state index in [9.17, 15) is 14.4 Å². The van der Waals surface area contributed by atoms with Gasteiger partial charge in [0.1, 0.15) is 0 Å². The van der Waals surface area contributed by atoms with Gasteiger partial charge in [0.15, 0.2) is 0 Å². The number of amides is 2. The third-order valence-corrected chi connectivity index (χ3v) is 3.65. The maximum atomic E-state index is 12.1. The molecule has 1 fully saturated rings. The fraction of sp³-hybridized carbons (Fsp3) is 0.769. The molecule has 0 bridgehead atoms. The third-order valence-electron chi connectivity index (χ3n) is 3.65. The van der Waals surface area contributed by atoms with Gasteiger partial charge in [-0.3, -0.25) is 9.59 Å². The monoisotopic (exact) mass is 286 g/mol. The Morgan fingerprint density at radius 2 is 1.90 bits per heavy atom. The van der Waals surface area contributed by atoms with Crippen LogP contribution in [0.25, 0.3) is 0 Å². The third kappa shape index (κ3) is 4.71. The van der Waals surface area contributed by atoms with Gasteiger partial charge in [-0.1, -0.05) is 12.8 Å². The number of esters is 1. The molecule has 1 saturated carbocycles. The first-order valence-corrected chi connectivity index (χ1v) is 6.70. The summed E-state index contributed by atoms with van der Waals surface area (Å²) in [7, 11) is 2.87. The van der Waals surface area contributed by atoms with Crippen molar-refractivity contribution in [2.75, 3.05) is 20.7 Å². The number of carboxylic acids is 1. The maximum absolute atomic E-state index is 12.1. The van der Waals surface area contributed by atoms with Gasteiger partial charge in [0.2, 0.25) is 0 Å². The smallest absolute Gasteiger partial charge is 0.317 e. The normalized spacial score (nSPS) is 16.5. The van der Waals surface area contributed by atoms with Crippen LogP contribution >= 0.6 is 0 Å². The molecule has 0 atom stereocenters. The van der Waals surface area contributed by atoms with Crippen molar-refractivity contribution in [1.82, 2.24) is 10.2 Å². The second-order valence-electron chi connectivity index (χ2n) is 5.24. The van der Waals surface area contributed by atoms with E-state index in [-0.39, 0.29) is 31.4 Å².